The second-order valence-electron chi connectivity index (χ2n) is 7.16. The summed E-state index contributed by atoms with van der Waals surface area (Å²) < 4.78 is 13.0. The Kier molecular flexibility index (Phi) is 5.99. The van der Waals surface area contributed by atoms with E-state index < -0.39 is 0 Å². The lowest BCUT2D eigenvalue weighted by Gasteiger charge is -2.36. The Bertz CT molecular complexity index is 502. The maximum Gasteiger partial charge on any atom is 0.225 e. The van der Waals surface area contributed by atoms with Crippen LogP contribution in [0.1, 0.15) is 27.2 Å². The van der Waals surface area contributed by atoms with Crippen LogP contribution in [0.15, 0.2) is 24.3 Å². The van der Waals surface area contributed by atoms with Gasteiger partial charge in [0.2, 0.25) is 5.91 Å². The van der Waals surface area contributed by atoms with Gasteiger partial charge in [-0.05, 0) is 37.2 Å². The molecule has 0 aromatic heterocycles. The molecule has 23 heavy (non-hydrogen) atoms. The zero-order chi connectivity index (χ0) is 16.9. The quantitative estimate of drug-likeness (QED) is 0.847. The molecule has 1 heterocycles. The number of amides is 1. The van der Waals surface area contributed by atoms with E-state index in [1.807, 2.05) is 32.9 Å². The number of halogens is 1. The molecule has 0 spiro atoms. The van der Waals surface area contributed by atoms with Crippen molar-refractivity contribution in [2.24, 2.45) is 5.41 Å². The van der Waals surface area contributed by atoms with E-state index in [9.17, 15) is 9.18 Å². The smallest absolute Gasteiger partial charge is 0.225 e. The predicted octanol–water partition coefficient (Wildman–Crippen LogP) is 2.50. The maximum absolute atomic E-state index is 13.0. The average Bonchev–Trinajstić information content (AvgIpc) is 2.52. The van der Waals surface area contributed by atoms with E-state index in [0.29, 0.717) is 0 Å². The molecule has 1 fully saturated rings. The number of nitrogens with zero attached hydrogens (tertiary/aromatic N) is 2. The van der Waals surface area contributed by atoms with Gasteiger partial charge in [0.15, 0.2) is 0 Å². The van der Waals surface area contributed by atoms with Crippen LogP contribution in [0.2, 0.25) is 0 Å². The summed E-state index contributed by atoms with van der Waals surface area (Å²) in [5, 5.41) is 2.99. The van der Waals surface area contributed by atoms with Gasteiger partial charge in [-0.2, -0.15) is 0 Å². The fraction of sp³-hybridized carbons (Fsp3) is 0.611. The van der Waals surface area contributed by atoms with Gasteiger partial charge in [0.1, 0.15) is 5.82 Å². The molecule has 0 bridgehead atoms. The van der Waals surface area contributed by atoms with Crippen LogP contribution in [0.5, 0.6) is 0 Å². The molecule has 0 radical (unpaired) electrons. The summed E-state index contributed by atoms with van der Waals surface area (Å²) in [7, 11) is 0. The van der Waals surface area contributed by atoms with Crippen LogP contribution in [0.25, 0.3) is 0 Å². The zero-order valence-corrected chi connectivity index (χ0v) is 14.4. The molecule has 1 aromatic carbocycles. The van der Waals surface area contributed by atoms with Crippen LogP contribution in [-0.2, 0) is 4.79 Å². The van der Waals surface area contributed by atoms with Crippen molar-refractivity contribution in [1.82, 2.24) is 10.2 Å². The standard InChI is InChI=1S/C18H28FN3O/c1-18(2,3)17(23)20-9-4-10-21-11-13-22(14-12-21)16-7-5-15(19)6-8-16/h5-8H,4,9-14H2,1-3H3,(H,20,23). The SMILES string of the molecule is CC(C)(C)C(=O)NCCCN1CCN(c2ccc(F)cc2)CC1. The molecule has 1 aliphatic heterocycles. The second-order valence-corrected chi connectivity index (χ2v) is 7.16. The Morgan fingerprint density at radius 1 is 1.13 bits per heavy atom. The van der Waals surface area contributed by atoms with Gasteiger partial charge in [0, 0.05) is 43.8 Å². The van der Waals surface area contributed by atoms with Gasteiger partial charge in [0.25, 0.3) is 0 Å². The predicted molar refractivity (Wildman–Crippen MR) is 92.1 cm³/mol. The van der Waals surface area contributed by atoms with Gasteiger partial charge in [-0.3, -0.25) is 9.69 Å². The molecule has 0 unspecified atom stereocenters. The number of carbonyl (C=O) groups excluding carboxylic acids is 1. The third-order valence-electron chi connectivity index (χ3n) is 4.18. The highest BCUT2D eigenvalue weighted by Crippen LogP contribution is 2.17. The van der Waals surface area contributed by atoms with Crippen LogP contribution in [0.4, 0.5) is 10.1 Å². The Labute approximate surface area is 138 Å². The highest BCUT2D eigenvalue weighted by molar-refractivity contribution is 5.81. The number of nitrogens with one attached hydrogen (secondary N) is 1. The molecular formula is C18H28FN3O. The van der Waals surface area contributed by atoms with Gasteiger partial charge in [-0.15, -0.1) is 0 Å². The molecule has 128 valence electrons. The first-order chi connectivity index (χ1) is 10.9. The largest absolute Gasteiger partial charge is 0.369 e. The highest BCUT2D eigenvalue weighted by Gasteiger charge is 2.21. The molecule has 1 aliphatic rings. The van der Waals surface area contributed by atoms with Crippen molar-refractivity contribution >= 4 is 11.6 Å². The summed E-state index contributed by atoms with van der Waals surface area (Å²) in [6.07, 6.45) is 0.971. The first kappa shape index (κ1) is 17.7. The Morgan fingerprint density at radius 3 is 2.30 bits per heavy atom. The van der Waals surface area contributed by atoms with Crippen LogP contribution in [0, 0.1) is 11.2 Å². The zero-order valence-electron chi connectivity index (χ0n) is 14.4. The molecular weight excluding hydrogens is 293 g/mol. The van der Waals surface area contributed by atoms with Gasteiger partial charge in [0.05, 0.1) is 0 Å². The van der Waals surface area contributed by atoms with Crippen LogP contribution in [0.3, 0.4) is 0 Å². The van der Waals surface area contributed by atoms with Crippen molar-refractivity contribution in [2.75, 3.05) is 44.2 Å². The number of rotatable bonds is 5. The Balaban J connectivity index is 1.65. The van der Waals surface area contributed by atoms with Gasteiger partial charge >= 0.3 is 0 Å². The van der Waals surface area contributed by atoms with E-state index in [4.69, 9.17) is 0 Å². The topological polar surface area (TPSA) is 35.6 Å². The molecule has 0 atom stereocenters. The fourth-order valence-corrected chi connectivity index (χ4v) is 2.65. The molecule has 1 saturated heterocycles. The van der Waals surface area contributed by atoms with Crippen molar-refractivity contribution in [3.05, 3.63) is 30.1 Å². The number of benzene rings is 1. The average molecular weight is 321 g/mol. The molecule has 1 aromatic rings. The molecule has 0 aliphatic carbocycles. The fourth-order valence-electron chi connectivity index (χ4n) is 2.65. The summed E-state index contributed by atoms with van der Waals surface area (Å²) in [4.78, 5) is 16.5. The Morgan fingerprint density at radius 2 is 1.74 bits per heavy atom. The second kappa shape index (κ2) is 7.77. The van der Waals surface area contributed by atoms with Gasteiger partial charge < -0.3 is 10.2 Å². The highest BCUT2D eigenvalue weighted by atomic mass is 19.1. The third-order valence-corrected chi connectivity index (χ3v) is 4.18. The monoisotopic (exact) mass is 321 g/mol. The van der Waals surface area contributed by atoms with Gasteiger partial charge in [-0.25, -0.2) is 4.39 Å². The lowest BCUT2D eigenvalue weighted by atomic mass is 9.96. The number of hydrogen-bond acceptors (Lipinski definition) is 3. The number of piperazine rings is 1. The minimum absolute atomic E-state index is 0.110. The van der Waals surface area contributed by atoms with Crippen molar-refractivity contribution in [2.45, 2.75) is 27.2 Å². The number of hydrogen-bond donors (Lipinski definition) is 1. The third kappa shape index (κ3) is 5.50. The maximum atomic E-state index is 13.0. The molecule has 0 saturated carbocycles. The van der Waals surface area contributed by atoms with E-state index in [0.717, 1.165) is 51.4 Å². The number of carbonyl (C=O) groups is 1. The van der Waals surface area contributed by atoms with E-state index >= 15 is 0 Å². The van der Waals surface area contributed by atoms with Gasteiger partial charge in [-0.1, -0.05) is 20.8 Å². The first-order valence-electron chi connectivity index (χ1n) is 8.37. The minimum Gasteiger partial charge on any atom is -0.369 e. The molecule has 1 amide bonds. The molecule has 1 N–H and O–H groups in total. The Hall–Kier alpha value is -1.62. The summed E-state index contributed by atoms with van der Waals surface area (Å²) in [5.74, 6) is -0.0803. The van der Waals surface area contributed by atoms with E-state index in [1.54, 1.807) is 0 Å². The molecule has 5 heteroatoms. The van der Waals surface area contributed by atoms with Crippen molar-refractivity contribution in [1.29, 1.82) is 0 Å². The summed E-state index contributed by atoms with van der Waals surface area (Å²) in [6.45, 7) is 11.4. The summed E-state index contributed by atoms with van der Waals surface area (Å²) >= 11 is 0. The lowest BCUT2D eigenvalue weighted by molar-refractivity contribution is -0.128. The van der Waals surface area contributed by atoms with E-state index in [1.165, 1.54) is 12.1 Å². The number of anilines is 1. The first-order valence-corrected chi connectivity index (χ1v) is 8.37. The molecule has 4 nitrogen and oxygen atoms in total. The van der Waals surface area contributed by atoms with Crippen molar-refractivity contribution < 1.29 is 9.18 Å². The van der Waals surface area contributed by atoms with Crippen molar-refractivity contribution in [3.8, 4) is 0 Å². The summed E-state index contributed by atoms with van der Waals surface area (Å²) in [5.41, 5.74) is 0.768. The lowest BCUT2D eigenvalue weighted by Crippen LogP contribution is -2.47. The minimum atomic E-state index is -0.319. The van der Waals surface area contributed by atoms with Crippen LogP contribution < -0.4 is 10.2 Å². The summed E-state index contributed by atoms with van der Waals surface area (Å²) in [6, 6.07) is 6.71. The van der Waals surface area contributed by atoms with E-state index in [2.05, 4.69) is 15.1 Å². The van der Waals surface area contributed by atoms with Crippen LogP contribution >= 0.6 is 0 Å². The van der Waals surface area contributed by atoms with Crippen LogP contribution in [-0.4, -0.2) is 50.1 Å². The van der Waals surface area contributed by atoms with Crippen molar-refractivity contribution in [3.63, 3.8) is 0 Å². The normalized spacial score (nSPS) is 16.4. The van der Waals surface area contributed by atoms with E-state index in [-0.39, 0.29) is 17.1 Å². The molecule has 2 rings (SSSR count).